The maximum absolute atomic E-state index is 12.6. The van der Waals surface area contributed by atoms with Gasteiger partial charge in [0.2, 0.25) is 5.91 Å². The molecule has 0 spiro atoms. The van der Waals surface area contributed by atoms with Crippen LogP contribution in [0.25, 0.3) is 0 Å². The van der Waals surface area contributed by atoms with Crippen molar-refractivity contribution in [2.24, 2.45) is 0 Å². The second-order valence-corrected chi connectivity index (χ2v) is 9.37. The van der Waals surface area contributed by atoms with Crippen molar-refractivity contribution in [1.29, 1.82) is 0 Å². The van der Waals surface area contributed by atoms with Crippen LogP contribution in [0.15, 0.2) is 30.3 Å². The summed E-state index contributed by atoms with van der Waals surface area (Å²) in [6, 6.07) is 9.58. The molecular weight excluding hydrogens is 360 g/mol. The first-order valence-electron chi connectivity index (χ1n) is 9.08. The van der Waals surface area contributed by atoms with E-state index in [2.05, 4.69) is 38.3 Å². The van der Waals surface area contributed by atoms with Crippen molar-refractivity contribution in [3.63, 3.8) is 0 Å². The Labute approximate surface area is 164 Å². The minimum absolute atomic E-state index is 0.0360. The van der Waals surface area contributed by atoms with E-state index in [1.807, 2.05) is 30.3 Å². The van der Waals surface area contributed by atoms with E-state index in [4.69, 9.17) is 4.74 Å². The highest BCUT2D eigenvalue weighted by Gasteiger charge is 2.45. The minimum atomic E-state index is -0.393. The van der Waals surface area contributed by atoms with Crippen LogP contribution in [0.5, 0.6) is 0 Å². The molecular formula is C21H27N2O3S+. The van der Waals surface area contributed by atoms with Crippen LogP contribution in [0, 0.1) is 0 Å². The summed E-state index contributed by atoms with van der Waals surface area (Å²) in [7, 11) is 1.38. The molecule has 2 aromatic rings. The Morgan fingerprint density at radius 3 is 2.48 bits per heavy atom. The number of thiophene rings is 1. The number of fused-ring (bicyclic) bond motifs is 1. The number of ether oxygens (including phenoxy) is 1. The van der Waals surface area contributed by atoms with Gasteiger partial charge in [0, 0.05) is 6.42 Å². The number of carbonyl (C=O) groups is 2. The Bertz CT molecular complexity index is 869. The molecule has 27 heavy (non-hydrogen) atoms. The minimum Gasteiger partial charge on any atom is -0.465 e. The van der Waals surface area contributed by atoms with Crippen molar-refractivity contribution in [3.8, 4) is 0 Å². The Morgan fingerprint density at radius 2 is 1.85 bits per heavy atom. The van der Waals surface area contributed by atoms with Gasteiger partial charge in [-0.1, -0.05) is 30.3 Å². The molecule has 144 valence electrons. The van der Waals surface area contributed by atoms with Crippen LogP contribution < -0.4 is 10.6 Å². The number of methoxy groups -OCH3 is 1. The van der Waals surface area contributed by atoms with Crippen molar-refractivity contribution >= 4 is 28.2 Å². The van der Waals surface area contributed by atoms with E-state index in [9.17, 15) is 9.59 Å². The maximum Gasteiger partial charge on any atom is 0.341 e. The summed E-state index contributed by atoms with van der Waals surface area (Å²) < 4.78 is 5.04. The number of hydrogen-bond donors (Lipinski definition) is 2. The van der Waals surface area contributed by atoms with Crippen molar-refractivity contribution in [2.75, 3.05) is 12.4 Å². The van der Waals surface area contributed by atoms with Crippen LogP contribution in [0.3, 0.4) is 0 Å². The predicted octanol–water partition coefficient (Wildman–Crippen LogP) is 2.85. The van der Waals surface area contributed by atoms with Gasteiger partial charge in [-0.3, -0.25) is 4.79 Å². The quantitative estimate of drug-likeness (QED) is 0.793. The second-order valence-electron chi connectivity index (χ2n) is 8.35. The SMILES string of the molecule is COC(=O)c1c(NC(=O)Cc2ccccc2)sc2c1CC(C)(C)[NH2+]C2(C)C. The third kappa shape index (κ3) is 4.06. The van der Waals surface area contributed by atoms with Crippen LogP contribution in [0.1, 0.15) is 54.1 Å². The number of amides is 1. The Morgan fingerprint density at radius 1 is 1.19 bits per heavy atom. The van der Waals surface area contributed by atoms with Crippen molar-refractivity contribution in [3.05, 3.63) is 51.9 Å². The molecule has 1 aromatic heterocycles. The highest BCUT2D eigenvalue weighted by Crippen LogP contribution is 2.42. The van der Waals surface area contributed by atoms with E-state index in [0.29, 0.717) is 10.6 Å². The third-order valence-electron chi connectivity index (χ3n) is 4.83. The van der Waals surface area contributed by atoms with Crippen molar-refractivity contribution in [1.82, 2.24) is 0 Å². The number of benzene rings is 1. The molecule has 0 radical (unpaired) electrons. The molecule has 1 aliphatic rings. The van der Waals surface area contributed by atoms with Gasteiger partial charge in [-0.15, -0.1) is 11.3 Å². The van der Waals surface area contributed by atoms with Gasteiger partial charge in [0.25, 0.3) is 0 Å². The average molecular weight is 388 g/mol. The molecule has 2 heterocycles. The number of esters is 1. The summed E-state index contributed by atoms with van der Waals surface area (Å²) in [6.45, 7) is 8.65. The highest BCUT2D eigenvalue weighted by molar-refractivity contribution is 7.17. The number of anilines is 1. The number of carbonyl (C=O) groups excluding carboxylic acids is 2. The Balaban J connectivity index is 1.97. The number of rotatable bonds is 4. The van der Waals surface area contributed by atoms with Crippen molar-refractivity contribution < 1.29 is 19.6 Å². The highest BCUT2D eigenvalue weighted by atomic mass is 32.1. The van der Waals surface area contributed by atoms with Gasteiger partial charge < -0.3 is 15.4 Å². The van der Waals surface area contributed by atoms with Gasteiger partial charge in [-0.2, -0.15) is 0 Å². The monoisotopic (exact) mass is 387 g/mol. The lowest BCUT2D eigenvalue weighted by atomic mass is 9.81. The van der Waals surface area contributed by atoms with Crippen LogP contribution in [0.4, 0.5) is 5.00 Å². The first kappa shape index (κ1) is 19.6. The molecule has 6 heteroatoms. The van der Waals surface area contributed by atoms with E-state index in [1.165, 1.54) is 18.4 Å². The maximum atomic E-state index is 12.6. The normalized spacial score (nSPS) is 17.1. The molecule has 5 nitrogen and oxygen atoms in total. The van der Waals surface area contributed by atoms with Gasteiger partial charge in [0.05, 0.1) is 29.5 Å². The largest absolute Gasteiger partial charge is 0.465 e. The molecule has 1 amide bonds. The molecule has 0 unspecified atom stereocenters. The van der Waals surface area contributed by atoms with E-state index in [-0.39, 0.29) is 23.4 Å². The molecule has 0 atom stereocenters. The summed E-state index contributed by atoms with van der Waals surface area (Å²) >= 11 is 1.49. The zero-order chi connectivity index (χ0) is 19.8. The second kappa shape index (κ2) is 7.09. The predicted molar refractivity (Wildman–Crippen MR) is 107 cm³/mol. The van der Waals surface area contributed by atoms with E-state index in [0.717, 1.165) is 22.4 Å². The average Bonchev–Trinajstić information content (AvgIpc) is 2.91. The molecule has 0 fully saturated rings. The molecule has 0 saturated heterocycles. The van der Waals surface area contributed by atoms with Crippen LogP contribution in [-0.4, -0.2) is 24.5 Å². The zero-order valence-electron chi connectivity index (χ0n) is 16.5. The lowest BCUT2D eigenvalue weighted by molar-refractivity contribution is -0.789. The summed E-state index contributed by atoms with van der Waals surface area (Å²) in [4.78, 5) is 26.3. The molecule has 0 bridgehead atoms. The first-order valence-corrected chi connectivity index (χ1v) is 9.90. The summed E-state index contributed by atoms with van der Waals surface area (Å²) in [5.41, 5.74) is 2.23. The van der Waals surface area contributed by atoms with Crippen molar-refractivity contribution in [2.45, 2.75) is 51.6 Å². The smallest absolute Gasteiger partial charge is 0.341 e. The van der Waals surface area contributed by atoms with E-state index >= 15 is 0 Å². The molecule has 0 saturated carbocycles. The number of nitrogens with two attached hydrogens (primary N) is 1. The van der Waals surface area contributed by atoms with Gasteiger partial charge >= 0.3 is 5.97 Å². The van der Waals surface area contributed by atoms with Gasteiger partial charge in [0.15, 0.2) is 0 Å². The fourth-order valence-corrected chi connectivity index (χ4v) is 5.36. The van der Waals surface area contributed by atoms with Crippen LogP contribution in [0.2, 0.25) is 0 Å². The van der Waals surface area contributed by atoms with E-state index in [1.54, 1.807) is 0 Å². The fraction of sp³-hybridized carbons (Fsp3) is 0.429. The Hall–Kier alpha value is -2.18. The fourth-order valence-electron chi connectivity index (χ4n) is 4.06. The molecule has 3 rings (SSSR count). The first-order chi connectivity index (χ1) is 12.6. The lowest BCUT2D eigenvalue weighted by Crippen LogP contribution is -3.03. The molecule has 0 aliphatic carbocycles. The molecule has 1 aliphatic heterocycles. The molecule has 3 N–H and O–H groups in total. The van der Waals surface area contributed by atoms with Crippen LogP contribution in [-0.2, 0) is 27.9 Å². The standard InChI is InChI=1S/C21H26N2O3S/c1-20(2)12-14-16(19(25)26-5)18(27-17(14)21(3,4)23-20)22-15(24)11-13-9-7-6-8-10-13/h6-10,23H,11-12H2,1-5H3,(H,22,24)/p+1. The number of hydrogen-bond acceptors (Lipinski definition) is 4. The summed E-state index contributed by atoms with van der Waals surface area (Å²) in [6.07, 6.45) is 1.02. The van der Waals surface area contributed by atoms with Gasteiger partial charge in [-0.05, 0) is 38.8 Å². The van der Waals surface area contributed by atoms with Crippen LogP contribution >= 0.6 is 11.3 Å². The van der Waals surface area contributed by atoms with Gasteiger partial charge in [-0.25, -0.2) is 4.79 Å². The molecule has 1 aromatic carbocycles. The number of quaternary nitrogens is 1. The Kier molecular flexibility index (Phi) is 5.14. The summed E-state index contributed by atoms with van der Waals surface area (Å²) in [5, 5.41) is 5.88. The number of nitrogens with one attached hydrogen (secondary N) is 1. The lowest BCUT2D eigenvalue weighted by Gasteiger charge is -2.38. The topological polar surface area (TPSA) is 72.0 Å². The van der Waals surface area contributed by atoms with Gasteiger partial charge in [0.1, 0.15) is 10.5 Å². The zero-order valence-corrected chi connectivity index (χ0v) is 17.3. The summed E-state index contributed by atoms with van der Waals surface area (Å²) in [5.74, 6) is -0.526. The third-order valence-corrected chi connectivity index (χ3v) is 6.31. The van der Waals surface area contributed by atoms with E-state index < -0.39 is 5.97 Å².